The number of methoxy groups -OCH3 is 1. The zero-order valence-electron chi connectivity index (χ0n) is 12.3. The Balaban J connectivity index is 2.57. The third-order valence-corrected chi connectivity index (χ3v) is 3.51. The fourth-order valence-corrected chi connectivity index (χ4v) is 2.58. The van der Waals surface area contributed by atoms with E-state index in [1.807, 2.05) is 25.9 Å². The number of rotatable bonds is 6. The number of hydrogen-bond donors (Lipinski definition) is 1. The maximum Gasteiger partial charge on any atom is 0.240 e. The third-order valence-electron chi connectivity index (χ3n) is 3.51. The SMILES string of the molecule is CCN(C(=O)C1CC(OC)CN1)C(C)CN(C)C. The van der Waals surface area contributed by atoms with E-state index >= 15 is 0 Å². The second-order valence-electron chi connectivity index (χ2n) is 5.29. The van der Waals surface area contributed by atoms with Crippen LogP contribution in [-0.4, -0.2) is 74.7 Å². The lowest BCUT2D eigenvalue weighted by Gasteiger charge is -2.32. The fourth-order valence-electron chi connectivity index (χ4n) is 2.58. The molecule has 1 aliphatic heterocycles. The monoisotopic (exact) mass is 257 g/mol. The number of nitrogens with zero attached hydrogens (tertiary/aromatic N) is 2. The molecule has 106 valence electrons. The molecule has 3 unspecified atom stereocenters. The van der Waals surface area contributed by atoms with Crippen LogP contribution in [0.5, 0.6) is 0 Å². The van der Waals surface area contributed by atoms with Gasteiger partial charge in [-0.3, -0.25) is 4.79 Å². The third kappa shape index (κ3) is 3.93. The van der Waals surface area contributed by atoms with E-state index in [0.29, 0.717) is 0 Å². The summed E-state index contributed by atoms with van der Waals surface area (Å²) in [7, 11) is 5.76. The molecular formula is C13H27N3O2. The van der Waals surface area contributed by atoms with Crippen LogP contribution >= 0.6 is 0 Å². The van der Waals surface area contributed by atoms with Gasteiger partial charge in [-0.25, -0.2) is 0 Å². The van der Waals surface area contributed by atoms with Crippen molar-refractivity contribution < 1.29 is 9.53 Å². The summed E-state index contributed by atoms with van der Waals surface area (Å²) in [5, 5.41) is 3.25. The quantitative estimate of drug-likeness (QED) is 0.736. The highest BCUT2D eigenvalue weighted by atomic mass is 16.5. The summed E-state index contributed by atoms with van der Waals surface area (Å²) in [5.74, 6) is 0.200. The maximum absolute atomic E-state index is 12.5. The van der Waals surface area contributed by atoms with E-state index in [4.69, 9.17) is 4.74 Å². The molecule has 0 aromatic rings. The molecule has 1 rings (SSSR count). The molecule has 1 heterocycles. The van der Waals surface area contributed by atoms with Crippen molar-refractivity contribution in [2.45, 2.75) is 38.5 Å². The van der Waals surface area contributed by atoms with Crippen molar-refractivity contribution >= 4 is 5.91 Å². The summed E-state index contributed by atoms with van der Waals surface area (Å²) >= 11 is 0. The summed E-state index contributed by atoms with van der Waals surface area (Å²) in [6.45, 7) is 6.55. The number of nitrogens with one attached hydrogen (secondary N) is 1. The Bertz CT molecular complexity index is 271. The largest absolute Gasteiger partial charge is 0.380 e. The molecule has 3 atom stereocenters. The fraction of sp³-hybridized carbons (Fsp3) is 0.923. The van der Waals surface area contributed by atoms with Crippen LogP contribution in [0.15, 0.2) is 0 Å². The Kier molecular flexibility index (Phi) is 6.05. The van der Waals surface area contributed by atoms with Crippen LogP contribution in [0.3, 0.4) is 0 Å². The van der Waals surface area contributed by atoms with Crippen LogP contribution in [0.2, 0.25) is 0 Å². The molecule has 1 amide bonds. The molecule has 0 radical (unpaired) electrons. The van der Waals surface area contributed by atoms with Gasteiger partial charge in [0.15, 0.2) is 0 Å². The van der Waals surface area contributed by atoms with Crippen LogP contribution < -0.4 is 5.32 Å². The molecule has 5 heteroatoms. The van der Waals surface area contributed by atoms with Crippen LogP contribution in [-0.2, 0) is 9.53 Å². The Morgan fingerprint density at radius 2 is 2.17 bits per heavy atom. The minimum atomic E-state index is -0.0838. The van der Waals surface area contributed by atoms with Crippen molar-refractivity contribution in [3.05, 3.63) is 0 Å². The Labute approximate surface area is 110 Å². The Morgan fingerprint density at radius 3 is 2.61 bits per heavy atom. The van der Waals surface area contributed by atoms with E-state index < -0.39 is 0 Å². The molecule has 0 aromatic heterocycles. The van der Waals surface area contributed by atoms with Gasteiger partial charge < -0.3 is 19.9 Å². The van der Waals surface area contributed by atoms with Crippen molar-refractivity contribution in [2.75, 3.05) is 40.8 Å². The molecule has 0 saturated carbocycles. The highest BCUT2D eigenvalue weighted by molar-refractivity contribution is 5.82. The second kappa shape index (κ2) is 7.07. The first-order valence-corrected chi connectivity index (χ1v) is 6.71. The first-order valence-electron chi connectivity index (χ1n) is 6.71. The Hall–Kier alpha value is -0.650. The van der Waals surface area contributed by atoms with Gasteiger partial charge in [0.1, 0.15) is 0 Å². The molecule has 5 nitrogen and oxygen atoms in total. The van der Waals surface area contributed by atoms with Gasteiger partial charge in [-0.1, -0.05) is 0 Å². The second-order valence-corrected chi connectivity index (χ2v) is 5.29. The first-order chi connectivity index (χ1) is 8.49. The number of ether oxygens (including phenoxy) is 1. The molecule has 1 fully saturated rings. The normalized spacial score (nSPS) is 25.4. The number of carbonyl (C=O) groups excluding carboxylic acids is 1. The molecule has 18 heavy (non-hydrogen) atoms. The van der Waals surface area contributed by atoms with Gasteiger partial charge in [0.05, 0.1) is 12.1 Å². The zero-order valence-corrected chi connectivity index (χ0v) is 12.3. The molecule has 1 aliphatic rings. The molecule has 0 bridgehead atoms. The number of hydrogen-bond acceptors (Lipinski definition) is 4. The maximum atomic E-state index is 12.5. The van der Waals surface area contributed by atoms with Gasteiger partial charge in [-0.15, -0.1) is 0 Å². The van der Waals surface area contributed by atoms with Crippen LogP contribution in [0.1, 0.15) is 20.3 Å². The lowest BCUT2D eigenvalue weighted by Crippen LogP contribution is -2.50. The van der Waals surface area contributed by atoms with E-state index in [1.165, 1.54) is 0 Å². The summed E-state index contributed by atoms with van der Waals surface area (Å²) < 4.78 is 5.29. The van der Waals surface area contributed by atoms with Gasteiger partial charge in [-0.05, 0) is 34.4 Å². The van der Waals surface area contributed by atoms with Gasteiger partial charge >= 0.3 is 0 Å². The highest BCUT2D eigenvalue weighted by Crippen LogP contribution is 2.14. The van der Waals surface area contributed by atoms with E-state index in [-0.39, 0.29) is 24.1 Å². The van der Waals surface area contributed by atoms with Gasteiger partial charge in [0.25, 0.3) is 0 Å². The lowest BCUT2D eigenvalue weighted by atomic mass is 10.1. The first kappa shape index (κ1) is 15.4. The average molecular weight is 257 g/mol. The smallest absolute Gasteiger partial charge is 0.240 e. The van der Waals surface area contributed by atoms with E-state index in [2.05, 4.69) is 17.1 Å². The topological polar surface area (TPSA) is 44.8 Å². The van der Waals surface area contributed by atoms with E-state index in [0.717, 1.165) is 26.1 Å². The minimum Gasteiger partial charge on any atom is -0.380 e. The van der Waals surface area contributed by atoms with Crippen molar-refractivity contribution in [3.8, 4) is 0 Å². The average Bonchev–Trinajstić information content (AvgIpc) is 2.77. The Morgan fingerprint density at radius 1 is 1.50 bits per heavy atom. The molecule has 1 N–H and O–H groups in total. The predicted molar refractivity (Wildman–Crippen MR) is 72.6 cm³/mol. The summed E-state index contributed by atoms with van der Waals surface area (Å²) in [6.07, 6.45) is 0.947. The lowest BCUT2D eigenvalue weighted by molar-refractivity contribution is -0.135. The molecule has 1 saturated heterocycles. The van der Waals surface area contributed by atoms with E-state index in [9.17, 15) is 4.79 Å². The van der Waals surface area contributed by atoms with Crippen molar-refractivity contribution in [3.63, 3.8) is 0 Å². The highest BCUT2D eigenvalue weighted by Gasteiger charge is 2.33. The van der Waals surface area contributed by atoms with Gasteiger partial charge in [-0.2, -0.15) is 0 Å². The van der Waals surface area contributed by atoms with Gasteiger partial charge in [0, 0.05) is 32.8 Å². The standard InChI is InChI=1S/C13H27N3O2/c1-6-16(10(2)9-15(3)4)13(17)12-7-11(18-5)8-14-12/h10-12,14H,6-9H2,1-5H3. The molecule has 0 aliphatic carbocycles. The predicted octanol–water partition coefficient (Wildman–Crippen LogP) is 0.162. The number of carbonyl (C=O) groups is 1. The molecule has 0 aromatic carbocycles. The van der Waals surface area contributed by atoms with Crippen LogP contribution in [0.4, 0.5) is 0 Å². The van der Waals surface area contributed by atoms with Crippen molar-refractivity contribution in [1.82, 2.24) is 15.1 Å². The number of amides is 1. The molecular weight excluding hydrogens is 230 g/mol. The zero-order chi connectivity index (χ0) is 13.7. The van der Waals surface area contributed by atoms with Gasteiger partial charge in [0.2, 0.25) is 5.91 Å². The van der Waals surface area contributed by atoms with Crippen molar-refractivity contribution in [1.29, 1.82) is 0 Å². The van der Waals surface area contributed by atoms with Crippen molar-refractivity contribution in [2.24, 2.45) is 0 Å². The summed E-state index contributed by atoms with van der Waals surface area (Å²) in [5.41, 5.74) is 0. The van der Waals surface area contributed by atoms with Crippen LogP contribution in [0.25, 0.3) is 0 Å². The van der Waals surface area contributed by atoms with Crippen LogP contribution in [0, 0.1) is 0 Å². The summed E-state index contributed by atoms with van der Waals surface area (Å²) in [4.78, 5) is 16.5. The number of likely N-dealkylation sites (N-methyl/N-ethyl adjacent to an activating group) is 2. The summed E-state index contributed by atoms with van der Waals surface area (Å²) in [6, 6.07) is 0.153. The molecule has 0 spiro atoms. The minimum absolute atomic E-state index is 0.0838. The van der Waals surface area contributed by atoms with E-state index in [1.54, 1.807) is 7.11 Å².